The number of hydrogen-bond donors (Lipinski definition) is 2. The van der Waals surface area contributed by atoms with Gasteiger partial charge in [0.05, 0.1) is 11.8 Å². The number of β-amino-alcohol motifs (C(OH)–C–C–N with tert-alkyl or cyclic N) is 1. The molecular weight excluding hydrogens is 278 g/mol. The first-order valence-corrected chi connectivity index (χ1v) is 7.19. The average molecular weight is 292 g/mol. The third-order valence-corrected chi connectivity index (χ3v) is 4.91. The molecule has 5 nitrogen and oxygen atoms in total. The lowest BCUT2D eigenvalue weighted by molar-refractivity contribution is 0.108. The van der Waals surface area contributed by atoms with Crippen LogP contribution in [0.3, 0.4) is 0 Å². The lowest BCUT2D eigenvalue weighted by Gasteiger charge is -2.29. The molecule has 1 aliphatic heterocycles. The molecule has 1 fully saturated rings. The highest BCUT2D eigenvalue weighted by Crippen LogP contribution is 2.26. The van der Waals surface area contributed by atoms with Gasteiger partial charge >= 0.3 is 0 Å². The van der Waals surface area contributed by atoms with Gasteiger partial charge in [-0.05, 0) is 18.9 Å². The predicted molar refractivity (Wildman–Crippen MR) is 64.8 cm³/mol. The summed E-state index contributed by atoms with van der Waals surface area (Å²) in [5.74, 6) is -2.19. The molecule has 1 aliphatic rings. The minimum Gasteiger partial charge on any atom is -0.396 e. The van der Waals surface area contributed by atoms with Crippen LogP contribution in [0.15, 0.2) is 17.0 Å². The fourth-order valence-electron chi connectivity index (χ4n) is 2.02. The van der Waals surface area contributed by atoms with Crippen LogP contribution in [0.4, 0.5) is 14.5 Å². The fourth-order valence-corrected chi connectivity index (χ4v) is 3.62. The van der Waals surface area contributed by atoms with Crippen molar-refractivity contribution in [2.24, 2.45) is 0 Å². The number of piperidine rings is 1. The number of halogens is 2. The molecular formula is C11H14F2N2O3S. The summed E-state index contributed by atoms with van der Waals surface area (Å²) in [6.07, 6.45) is 0.211. The van der Waals surface area contributed by atoms with Crippen molar-refractivity contribution in [2.75, 3.05) is 18.8 Å². The predicted octanol–water partition coefficient (Wildman–Crippen LogP) is 0.692. The Hall–Kier alpha value is -1.25. The van der Waals surface area contributed by atoms with Gasteiger partial charge in [-0.25, -0.2) is 17.2 Å². The van der Waals surface area contributed by atoms with Crippen molar-refractivity contribution in [2.45, 2.75) is 23.8 Å². The van der Waals surface area contributed by atoms with E-state index in [0.717, 1.165) is 10.4 Å². The molecule has 1 aromatic carbocycles. The number of sulfonamides is 1. The second-order valence-corrected chi connectivity index (χ2v) is 6.37. The van der Waals surface area contributed by atoms with Crippen LogP contribution >= 0.6 is 0 Å². The maximum atomic E-state index is 13.6. The van der Waals surface area contributed by atoms with Crippen LogP contribution in [0.5, 0.6) is 0 Å². The van der Waals surface area contributed by atoms with Crippen LogP contribution in [0.1, 0.15) is 12.8 Å². The van der Waals surface area contributed by atoms with Crippen LogP contribution in [0.2, 0.25) is 0 Å². The van der Waals surface area contributed by atoms with E-state index in [4.69, 9.17) is 5.73 Å². The van der Waals surface area contributed by atoms with E-state index in [9.17, 15) is 22.3 Å². The van der Waals surface area contributed by atoms with Gasteiger partial charge in [0.2, 0.25) is 10.0 Å². The zero-order valence-electron chi connectivity index (χ0n) is 10.0. The number of benzene rings is 1. The van der Waals surface area contributed by atoms with Crippen LogP contribution in [0, 0.1) is 11.6 Å². The molecule has 106 valence electrons. The molecule has 3 N–H and O–H groups in total. The van der Waals surface area contributed by atoms with Crippen molar-refractivity contribution < 1.29 is 22.3 Å². The Morgan fingerprint density at radius 2 is 2.00 bits per heavy atom. The Kier molecular flexibility index (Phi) is 3.75. The Balaban J connectivity index is 2.42. The third-order valence-electron chi connectivity index (χ3n) is 3.03. The minimum atomic E-state index is -4.11. The number of aliphatic hydroxyl groups is 1. The largest absolute Gasteiger partial charge is 0.396 e. The van der Waals surface area contributed by atoms with Gasteiger partial charge in [0.1, 0.15) is 16.5 Å². The van der Waals surface area contributed by atoms with E-state index >= 15 is 0 Å². The monoisotopic (exact) mass is 292 g/mol. The van der Waals surface area contributed by atoms with E-state index in [1.807, 2.05) is 0 Å². The molecule has 0 spiro atoms. The van der Waals surface area contributed by atoms with Crippen molar-refractivity contribution in [1.29, 1.82) is 0 Å². The fraction of sp³-hybridized carbons (Fsp3) is 0.455. The minimum absolute atomic E-state index is 0.0982. The number of nitrogen functional groups attached to an aromatic ring is 1. The highest BCUT2D eigenvalue weighted by atomic mass is 32.2. The Labute approximate surface area is 109 Å². The highest BCUT2D eigenvalue weighted by Gasteiger charge is 2.32. The smallest absolute Gasteiger partial charge is 0.246 e. The molecule has 0 amide bonds. The molecule has 0 aromatic heterocycles. The zero-order valence-corrected chi connectivity index (χ0v) is 10.8. The molecule has 0 aliphatic carbocycles. The molecule has 1 aromatic rings. The summed E-state index contributed by atoms with van der Waals surface area (Å²) in [5.41, 5.74) is 4.84. The zero-order chi connectivity index (χ0) is 14.2. The Morgan fingerprint density at radius 1 is 1.32 bits per heavy atom. The first-order valence-electron chi connectivity index (χ1n) is 5.75. The van der Waals surface area contributed by atoms with Crippen molar-refractivity contribution >= 4 is 15.7 Å². The quantitative estimate of drug-likeness (QED) is 0.786. The van der Waals surface area contributed by atoms with E-state index < -0.39 is 38.3 Å². The van der Waals surface area contributed by atoms with Gasteiger partial charge in [0, 0.05) is 19.2 Å². The van der Waals surface area contributed by atoms with Gasteiger partial charge in [-0.3, -0.25) is 0 Å². The number of rotatable bonds is 2. The van der Waals surface area contributed by atoms with Crippen molar-refractivity contribution in [1.82, 2.24) is 4.31 Å². The molecule has 1 heterocycles. The van der Waals surface area contributed by atoms with Crippen LogP contribution < -0.4 is 5.73 Å². The molecule has 0 unspecified atom stereocenters. The van der Waals surface area contributed by atoms with E-state index in [1.165, 1.54) is 0 Å². The normalized spacial score (nSPS) is 21.5. The van der Waals surface area contributed by atoms with Crippen molar-refractivity contribution in [3.05, 3.63) is 23.8 Å². The Morgan fingerprint density at radius 3 is 2.63 bits per heavy atom. The number of aliphatic hydroxyl groups excluding tert-OH is 1. The van der Waals surface area contributed by atoms with Crippen LogP contribution in [-0.2, 0) is 10.0 Å². The van der Waals surface area contributed by atoms with Gasteiger partial charge in [-0.1, -0.05) is 0 Å². The topological polar surface area (TPSA) is 83.6 Å². The SMILES string of the molecule is Nc1cc(S(=O)(=O)N2CCC[C@H](O)C2)c(F)cc1F. The summed E-state index contributed by atoms with van der Waals surface area (Å²) in [6, 6.07) is 1.21. The van der Waals surface area contributed by atoms with Crippen LogP contribution in [-0.4, -0.2) is 37.0 Å². The molecule has 19 heavy (non-hydrogen) atoms. The molecule has 0 radical (unpaired) electrons. The van der Waals surface area contributed by atoms with Gasteiger partial charge in [0.15, 0.2) is 0 Å². The molecule has 0 saturated carbocycles. The van der Waals surface area contributed by atoms with E-state index in [1.54, 1.807) is 0 Å². The summed E-state index contributed by atoms with van der Waals surface area (Å²) >= 11 is 0. The second-order valence-electron chi connectivity index (χ2n) is 4.46. The lowest BCUT2D eigenvalue weighted by atomic mass is 10.1. The van der Waals surface area contributed by atoms with Crippen molar-refractivity contribution in [3.63, 3.8) is 0 Å². The molecule has 1 atom stereocenters. The second kappa shape index (κ2) is 5.03. The van der Waals surface area contributed by atoms with Gasteiger partial charge in [-0.2, -0.15) is 4.31 Å². The maximum Gasteiger partial charge on any atom is 0.246 e. The molecule has 2 rings (SSSR count). The highest BCUT2D eigenvalue weighted by molar-refractivity contribution is 7.89. The molecule has 8 heteroatoms. The van der Waals surface area contributed by atoms with E-state index in [0.29, 0.717) is 18.9 Å². The molecule has 1 saturated heterocycles. The van der Waals surface area contributed by atoms with Gasteiger partial charge in [-0.15, -0.1) is 0 Å². The average Bonchev–Trinajstić information content (AvgIpc) is 2.33. The van der Waals surface area contributed by atoms with E-state index in [-0.39, 0.29) is 13.1 Å². The maximum absolute atomic E-state index is 13.6. The lowest BCUT2D eigenvalue weighted by Crippen LogP contribution is -2.42. The first kappa shape index (κ1) is 14.2. The summed E-state index contributed by atoms with van der Waals surface area (Å²) in [4.78, 5) is -0.666. The van der Waals surface area contributed by atoms with E-state index in [2.05, 4.69) is 0 Å². The summed E-state index contributed by atoms with van der Waals surface area (Å²) in [5, 5.41) is 9.47. The number of nitrogens with zero attached hydrogens (tertiary/aromatic N) is 1. The summed E-state index contributed by atoms with van der Waals surface area (Å²) < 4.78 is 52.1. The number of anilines is 1. The van der Waals surface area contributed by atoms with Gasteiger partial charge in [0.25, 0.3) is 0 Å². The van der Waals surface area contributed by atoms with Crippen LogP contribution in [0.25, 0.3) is 0 Å². The van der Waals surface area contributed by atoms with Crippen molar-refractivity contribution in [3.8, 4) is 0 Å². The first-order chi connectivity index (χ1) is 8.82. The number of hydrogen-bond acceptors (Lipinski definition) is 4. The summed E-state index contributed by atoms with van der Waals surface area (Å²) in [7, 11) is -4.11. The van der Waals surface area contributed by atoms with Gasteiger partial charge < -0.3 is 10.8 Å². The third kappa shape index (κ3) is 2.70. The summed E-state index contributed by atoms with van der Waals surface area (Å²) in [6.45, 7) is 0.0924. The molecule has 0 bridgehead atoms. The number of nitrogens with two attached hydrogens (primary N) is 1. The standard InChI is InChI=1S/C11H14F2N2O3S/c12-8-4-9(13)11(5-10(8)14)19(17,18)15-3-1-2-7(16)6-15/h4-5,7,16H,1-3,6,14H2/t7-/m0/s1. The Bertz CT molecular complexity index is 592.